The van der Waals surface area contributed by atoms with Crippen molar-refractivity contribution in [2.75, 3.05) is 26.1 Å². The molecule has 0 aliphatic heterocycles. The van der Waals surface area contributed by atoms with Gasteiger partial charge in [0.05, 0.1) is 25.0 Å². The van der Waals surface area contributed by atoms with Gasteiger partial charge >= 0.3 is 0 Å². The molecule has 0 saturated carbocycles. The van der Waals surface area contributed by atoms with E-state index in [4.69, 9.17) is 9.47 Å². The van der Waals surface area contributed by atoms with Gasteiger partial charge in [-0.05, 0) is 42.3 Å². The predicted molar refractivity (Wildman–Crippen MR) is 111 cm³/mol. The Bertz CT molecular complexity index is 846. The fourth-order valence-electron chi connectivity index (χ4n) is 2.50. The summed E-state index contributed by atoms with van der Waals surface area (Å²) in [6.07, 6.45) is 5.12. The van der Waals surface area contributed by atoms with Gasteiger partial charge in [0.15, 0.2) is 11.5 Å². The quantitative estimate of drug-likeness (QED) is 0.510. The minimum absolute atomic E-state index is 0.261. The van der Waals surface area contributed by atoms with Crippen LogP contribution in [0.3, 0.4) is 0 Å². The first-order valence-corrected chi connectivity index (χ1v) is 9.20. The SMILES string of the molecule is CCCCOc1ccc(/C=C/C(=O)Nc2ccccc2C(=O)NC)cc1OC. The van der Waals surface area contributed by atoms with Crippen LogP contribution >= 0.6 is 0 Å². The van der Waals surface area contributed by atoms with Gasteiger partial charge in [-0.15, -0.1) is 0 Å². The number of ether oxygens (including phenoxy) is 2. The Morgan fingerprint density at radius 2 is 1.89 bits per heavy atom. The normalized spacial score (nSPS) is 10.5. The predicted octanol–water partition coefficient (Wildman–Crippen LogP) is 3.89. The Labute approximate surface area is 165 Å². The summed E-state index contributed by atoms with van der Waals surface area (Å²) >= 11 is 0. The van der Waals surface area contributed by atoms with E-state index in [1.165, 1.54) is 6.08 Å². The molecule has 0 unspecified atom stereocenters. The zero-order valence-corrected chi connectivity index (χ0v) is 16.5. The van der Waals surface area contributed by atoms with Crippen molar-refractivity contribution in [3.63, 3.8) is 0 Å². The highest BCUT2D eigenvalue weighted by Crippen LogP contribution is 2.28. The van der Waals surface area contributed by atoms with Crippen LogP contribution < -0.4 is 20.1 Å². The number of hydrogen-bond acceptors (Lipinski definition) is 4. The molecule has 0 spiro atoms. The van der Waals surface area contributed by atoms with Gasteiger partial charge in [-0.1, -0.05) is 31.5 Å². The van der Waals surface area contributed by atoms with Crippen LogP contribution in [0.2, 0.25) is 0 Å². The molecule has 6 heteroatoms. The van der Waals surface area contributed by atoms with E-state index in [1.807, 2.05) is 18.2 Å². The summed E-state index contributed by atoms with van der Waals surface area (Å²) in [5.41, 5.74) is 1.66. The lowest BCUT2D eigenvalue weighted by Gasteiger charge is -2.11. The zero-order valence-electron chi connectivity index (χ0n) is 16.5. The van der Waals surface area contributed by atoms with E-state index in [1.54, 1.807) is 44.5 Å². The molecule has 0 heterocycles. The molecular weight excluding hydrogens is 356 g/mol. The van der Waals surface area contributed by atoms with Crippen LogP contribution in [0.1, 0.15) is 35.7 Å². The van der Waals surface area contributed by atoms with E-state index in [2.05, 4.69) is 17.6 Å². The molecule has 0 saturated heterocycles. The molecule has 0 radical (unpaired) electrons. The smallest absolute Gasteiger partial charge is 0.253 e. The van der Waals surface area contributed by atoms with Crippen LogP contribution in [0.25, 0.3) is 6.08 Å². The Morgan fingerprint density at radius 3 is 2.61 bits per heavy atom. The second kappa shape index (κ2) is 10.8. The number of amides is 2. The van der Waals surface area contributed by atoms with Crippen LogP contribution in [0.5, 0.6) is 11.5 Å². The Morgan fingerprint density at radius 1 is 1.11 bits per heavy atom. The molecule has 0 bridgehead atoms. The number of carbonyl (C=O) groups excluding carboxylic acids is 2. The number of para-hydroxylation sites is 1. The van der Waals surface area contributed by atoms with Crippen molar-refractivity contribution < 1.29 is 19.1 Å². The van der Waals surface area contributed by atoms with Crippen molar-refractivity contribution >= 4 is 23.6 Å². The maximum absolute atomic E-state index is 12.3. The van der Waals surface area contributed by atoms with Crippen molar-refractivity contribution in [3.05, 3.63) is 59.7 Å². The summed E-state index contributed by atoms with van der Waals surface area (Å²) in [7, 11) is 3.13. The third-order valence-electron chi connectivity index (χ3n) is 4.03. The van der Waals surface area contributed by atoms with Crippen LogP contribution in [-0.4, -0.2) is 32.6 Å². The van der Waals surface area contributed by atoms with E-state index in [9.17, 15) is 9.59 Å². The largest absolute Gasteiger partial charge is 0.493 e. The highest BCUT2D eigenvalue weighted by Gasteiger charge is 2.10. The minimum atomic E-state index is -0.335. The van der Waals surface area contributed by atoms with Crippen LogP contribution in [0, 0.1) is 0 Å². The van der Waals surface area contributed by atoms with Crippen LogP contribution in [0.4, 0.5) is 5.69 Å². The lowest BCUT2D eigenvalue weighted by atomic mass is 10.1. The van der Waals surface area contributed by atoms with Gasteiger partial charge < -0.3 is 20.1 Å². The Balaban J connectivity index is 2.07. The van der Waals surface area contributed by atoms with E-state index in [-0.39, 0.29) is 11.8 Å². The molecule has 0 aliphatic carbocycles. The summed E-state index contributed by atoms with van der Waals surface area (Å²) in [6.45, 7) is 2.74. The van der Waals surface area contributed by atoms with E-state index >= 15 is 0 Å². The standard InChI is InChI=1S/C22H26N2O4/c1-4-5-14-28-19-12-10-16(15-20(19)27-3)11-13-21(25)24-18-9-7-6-8-17(18)22(26)23-2/h6-13,15H,4-5,14H2,1-3H3,(H,23,26)(H,24,25)/b13-11+. The fourth-order valence-corrected chi connectivity index (χ4v) is 2.50. The summed E-state index contributed by atoms with van der Waals surface area (Å²) < 4.78 is 11.1. The minimum Gasteiger partial charge on any atom is -0.493 e. The van der Waals surface area contributed by atoms with Crippen LogP contribution in [0.15, 0.2) is 48.5 Å². The molecule has 2 N–H and O–H groups in total. The molecule has 0 atom stereocenters. The summed E-state index contributed by atoms with van der Waals surface area (Å²) in [4.78, 5) is 24.1. The number of rotatable bonds is 9. The number of nitrogens with one attached hydrogen (secondary N) is 2. The summed E-state index contributed by atoms with van der Waals surface area (Å²) in [5, 5.41) is 5.28. The van der Waals surface area contributed by atoms with Crippen molar-refractivity contribution in [1.82, 2.24) is 5.32 Å². The van der Waals surface area contributed by atoms with Crippen molar-refractivity contribution in [1.29, 1.82) is 0 Å². The number of benzene rings is 2. The van der Waals surface area contributed by atoms with Crippen molar-refractivity contribution in [3.8, 4) is 11.5 Å². The van der Waals surface area contributed by atoms with Gasteiger partial charge in [-0.3, -0.25) is 9.59 Å². The highest BCUT2D eigenvalue weighted by molar-refractivity contribution is 6.07. The molecule has 0 fully saturated rings. The molecule has 2 rings (SSSR count). The van der Waals surface area contributed by atoms with E-state index in [0.29, 0.717) is 29.4 Å². The van der Waals surface area contributed by atoms with Gasteiger partial charge in [0.25, 0.3) is 5.91 Å². The fraction of sp³-hybridized carbons (Fsp3) is 0.273. The zero-order chi connectivity index (χ0) is 20.4. The van der Waals surface area contributed by atoms with Gasteiger partial charge in [0.2, 0.25) is 5.91 Å². The van der Waals surface area contributed by atoms with E-state index < -0.39 is 0 Å². The molecule has 2 amide bonds. The van der Waals surface area contributed by atoms with Crippen molar-refractivity contribution in [2.24, 2.45) is 0 Å². The summed E-state index contributed by atoms with van der Waals surface area (Å²) in [6, 6.07) is 12.3. The second-order valence-corrected chi connectivity index (χ2v) is 6.06. The van der Waals surface area contributed by atoms with Crippen molar-refractivity contribution in [2.45, 2.75) is 19.8 Å². The number of hydrogen-bond donors (Lipinski definition) is 2. The Kier molecular flexibility index (Phi) is 8.09. The van der Waals surface area contributed by atoms with Crippen LogP contribution in [-0.2, 0) is 4.79 Å². The van der Waals surface area contributed by atoms with Gasteiger partial charge in [0, 0.05) is 13.1 Å². The first-order chi connectivity index (χ1) is 13.6. The monoisotopic (exact) mass is 382 g/mol. The molecule has 6 nitrogen and oxygen atoms in total. The Hall–Kier alpha value is -3.28. The molecule has 0 aromatic heterocycles. The third kappa shape index (κ3) is 5.87. The molecular formula is C22H26N2O4. The average molecular weight is 382 g/mol. The topological polar surface area (TPSA) is 76.7 Å². The third-order valence-corrected chi connectivity index (χ3v) is 4.03. The lowest BCUT2D eigenvalue weighted by molar-refractivity contribution is -0.111. The van der Waals surface area contributed by atoms with Gasteiger partial charge in [-0.2, -0.15) is 0 Å². The van der Waals surface area contributed by atoms with Gasteiger partial charge in [0.1, 0.15) is 0 Å². The molecule has 0 aliphatic rings. The number of unbranched alkanes of at least 4 members (excludes halogenated alkanes) is 1. The molecule has 28 heavy (non-hydrogen) atoms. The maximum Gasteiger partial charge on any atom is 0.253 e. The van der Waals surface area contributed by atoms with Gasteiger partial charge in [-0.25, -0.2) is 0 Å². The molecule has 2 aromatic rings. The lowest BCUT2D eigenvalue weighted by Crippen LogP contribution is -2.20. The summed E-state index contributed by atoms with van der Waals surface area (Å²) in [5.74, 6) is 0.697. The average Bonchev–Trinajstić information content (AvgIpc) is 2.72. The van der Waals surface area contributed by atoms with E-state index in [0.717, 1.165) is 18.4 Å². The molecule has 148 valence electrons. The number of methoxy groups -OCH3 is 1. The number of anilines is 1. The maximum atomic E-state index is 12.3. The molecule has 2 aromatic carbocycles. The number of carbonyl (C=O) groups is 2. The first-order valence-electron chi connectivity index (χ1n) is 9.20. The highest BCUT2D eigenvalue weighted by atomic mass is 16.5. The second-order valence-electron chi connectivity index (χ2n) is 6.06. The first kappa shape index (κ1) is 21.0.